The van der Waals surface area contributed by atoms with E-state index in [9.17, 15) is 9.90 Å². The molecule has 0 heterocycles. The lowest BCUT2D eigenvalue weighted by atomic mass is 9.46. The third-order valence-corrected chi connectivity index (χ3v) is 10.6. The van der Waals surface area contributed by atoms with Crippen LogP contribution in [0.15, 0.2) is 11.6 Å². The third kappa shape index (κ3) is 4.21. The van der Waals surface area contributed by atoms with E-state index in [0.29, 0.717) is 11.8 Å². The van der Waals surface area contributed by atoms with Gasteiger partial charge in [-0.3, -0.25) is 4.79 Å². The fraction of sp³-hybridized carbons (Fsp3) is 0.897. The van der Waals surface area contributed by atoms with E-state index in [1.807, 2.05) is 0 Å². The zero-order chi connectivity index (χ0) is 23.3. The SMILES string of the molecule is CC(=O)OC1CC[C@@]2(C)C(=CC[C@H]3[C@@H]4CC[C@H]([C@@](C)(O)CCCC(C)C)[C@@]4(C)CC[C@@H]32)C1. The predicted molar refractivity (Wildman–Crippen MR) is 130 cm³/mol. The molecule has 8 atom stereocenters. The maximum atomic E-state index is 11.6. The maximum absolute atomic E-state index is 11.6. The predicted octanol–water partition coefficient (Wildman–Crippen LogP) is 7.07. The fourth-order valence-electron chi connectivity index (χ4n) is 9.03. The molecule has 1 unspecified atom stereocenters. The van der Waals surface area contributed by atoms with Crippen LogP contribution in [0.3, 0.4) is 0 Å². The van der Waals surface area contributed by atoms with E-state index in [1.165, 1.54) is 45.4 Å². The van der Waals surface area contributed by atoms with Crippen molar-refractivity contribution in [2.75, 3.05) is 0 Å². The number of carbonyl (C=O) groups is 1. The molecular formula is C29H48O3. The summed E-state index contributed by atoms with van der Waals surface area (Å²) in [7, 11) is 0. The monoisotopic (exact) mass is 444 g/mol. The number of allylic oxidation sites excluding steroid dienone is 1. The van der Waals surface area contributed by atoms with Crippen LogP contribution >= 0.6 is 0 Å². The summed E-state index contributed by atoms with van der Waals surface area (Å²) in [6, 6.07) is 0. The van der Waals surface area contributed by atoms with Crippen LogP contribution in [0.1, 0.15) is 112 Å². The Labute approximate surface area is 196 Å². The molecule has 0 spiro atoms. The molecule has 4 aliphatic rings. The van der Waals surface area contributed by atoms with Gasteiger partial charge in [-0.25, -0.2) is 0 Å². The number of carbonyl (C=O) groups excluding carboxylic acids is 1. The Hall–Kier alpha value is -0.830. The number of aliphatic hydroxyl groups is 1. The lowest BCUT2D eigenvalue weighted by Gasteiger charge is -2.59. The van der Waals surface area contributed by atoms with E-state index >= 15 is 0 Å². The van der Waals surface area contributed by atoms with Gasteiger partial charge in [-0.05, 0) is 98.7 Å². The first kappa shape index (κ1) is 24.3. The summed E-state index contributed by atoms with van der Waals surface area (Å²) < 4.78 is 5.60. The Morgan fingerprint density at radius 1 is 1.19 bits per heavy atom. The van der Waals surface area contributed by atoms with E-state index in [0.717, 1.165) is 49.9 Å². The molecule has 182 valence electrons. The van der Waals surface area contributed by atoms with Crippen molar-refractivity contribution in [2.45, 2.75) is 124 Å². The minimum absolute atomic E-state index is 0.0778. The highest BCUT2D eigenvalue weighted by Gasteiger charge is 2.61. The van der Waals surface area contributed by atoms with Crippen molar-refractivity contribution in [1.82, 2.24) is 0 Å². The highest BCUT2D eigenvalue weighted by Crippen LogP contribution is 2.67. The molecule has 3 nitrogen and oxygen atoms in total. The van der Waals surface area contributed by atoms with Gasteiger partial charge < -0.3 is 9.84 Å². The molecule has 0 amide bonds. The standard InChI is InChI=1S/C29H48O3/c1-19(2)8-7-15-29(6,31)26-12-11-24-23-10-9-21-18-22(32-20(3)30)13-16-27(21,4)25(23)14-17-28(24,26)5/h9,19,22-26,31H,7-8,10-18H2,1-6H3/t22?,23-,24-,25-,26-,27-,28-,29-/m0/s1. The minimum Gasteiger partial charge on any atom is -0.462 e. The Morgan fingerprint density at radius 3 is 2.62 bits per heavy atom. The number of hydrogen-bond acceptors (Lipinski definition) is 3. The van der Waals surface area contributed by atoms with Gasteiger partial charge in [0.15, 0.2) is 0 Å². The van der Waals surface area contributed by atoms with Gasteiger partial charge in [-0.1, -0.05) is 52.2 Å². The van der Waals surface area contributed by atoms with Gasteiger partial charge in [0.1, 0.15) is 6.10 Å². The molecule has 0 aromatic heterocycles. The second-order valence-corrected chi connectivity index (χ2v) is 13.1. The van der Waals surface area contributed by atoms with Crippen molar-refractivity contribution >= 4 is 5.97 Å². The molecule has 3 heteroatoms. The van der Waals surface area contributed by atoms with Crippen molar-refractivity contribution in [1.29, 1.82) is 0 Å². The summed E-state index contributed by atoms with van der Waals surface area (Å²) in [4.78, 5) is 11.5. The van der Waals surface area contributed by atoms with Gasteiger partial charge in [-0.15, -0.1) is 0 Å². The third-order valence-electron chi connectivity index (χ3n) is 10.6. The van der Waals surface area contributed by atoms with E-state index in [4.69, 9.17) is 4.74 Å². The molecule has 0 aliphatic heterocycles. The molecule has 0 bridgehead atoms. The molecule has 0 saturated heterocycles. The van der Waals surface area contributed by atoms with Crippen LogP contribution in [0.4, 0.5) is 0 Å². The van der Waals surface area contributed by atoms with Crippen LogP contribution in [0, 0.1) is 40.4 Å². The quantitative estimate of drug-likeness (QED) is 0.352. The summed E-state index contributed by atoms with van der Waals surface area (Å²) in [5.74, 6) is 3.26. The van der Waals surface area contributed by atoms with Crippen molar-refractivity contribution in [3.8, 4) is 0 Å². The van der Waals surface area contributed by atoms with Crippen LogP contribution in [-0.4, -0.2) is 22.8 Å². The molecule has 1 N–H and O–H groups in total. The molecule has 4 rings (SSSR count). The number of esters is 1. The van der Waals surface area contributed by atoms with Gasteiger partial charge in [0, 0.05) is 13.3 Å². The summed E-state index contributed by atoms with van der Waals surface area (Å²) >= 11 is 0. The number of hydrogen-bond donors (Lipinski definition) is 1. The van der Waals surface area contributed by atoms with Gasteiger partial charge in [0.2, 0.25) is 0 Å². The van der Waals surface area contributed by atoms with E-state index in [2.05, 4.69) is 40.7 Å². The molecule has 32 heavy (non-hydrogen) atoms. The Balaban J connectivity index is 1.50. The van der Waals surface area contributed by atoms with E-state index in [-0.39, 0.29) is 22.9 Å². The average Bonchev–Trinajstić information content (AvgIpc) is 3.05. The molecule has 0 aromatic rings. The largest absolute Gasteiger partial charge is 0.462 e. The Bertz CT molecular complexity index is 737. The lowest BCUT2D eigenvalue weighted by molar-refractivity contribution is -0.149. The van der Waals surface area contributed by atoms with Crippen molar-refractivity contribution in [2.24, 2.45) is 40.4 Å². The van der Waals surface area contributed by atoms with Crippen LogP contribution in [0.2, 0.25) is 0 Å². The average molecular weight is 445 g/mol. The maximum Gasteiger partial charge on any atom is 0.302 e. The highest BCUT2D eigenvalue weighted by molar-refractivity contribution is 5.66. The smallest absolute Gasteiger partial charge is 0.302 e. The van der Waals surface area contributed by atoms with E-state index in [1.54, 1.807) is 5.57 Å². The van der Waals surface area contributed by atoms with Gasteiger partial charge in [0.25, 0.3) is 0 Å². The van der Waals surface area contributed by atoms with Crippen LogP contribution in [-0.2, 0) is 9.53 Å². The first-order chi connectivity index (χ1) is 15.0. The Morgan fingerprint density at radius 2 is 1.94 bits per heavy atom. The number of rotatable bonds is 6. The van der Waals surface area contributed by atoms with E-state index < -0.39 is 5.60 Å². The van der Waals surface area contributed by atoms with Crippen LogP contribution in [0.5, 0.6) is 0 Å². The summed E-state index contributed by atoms with van der Waals surface area (Å²) in [5.41, 5.74) is 1.58. The second-order valence-electron chi connectivity index (χ2n) is 13.1. The van der Waals surface area contributed by atoms with Crippen LogP contribution < -0.4 is 0 Å². The highest BCUT2D eigenvalue weighted by atomic mass is 16.5. The number of ether oxygens (including phenoxy) is 1. The minimum atomic E-state index is -0.535. The van der Waals surface area contributed by atoms with Crippen molar-refractivity contribution < 1.29 is 14.6 Å². The van der Waals surface area contributed by atoms with Gasteiger partial charge >= 0.3 is 5.97 Å². The number of fused-ring (bicyclic) bond motifs is 5. The first-order valence-corrected chi connectivity index (χ1v) is 13.6. The fourth-order valence-corrected chi connectivity index (χ4v) is 9.03. The first-order valence-electron chi connectivity index (χ1n) is 13.6. The topological polar surface area (TPSA) is 46.5 Å². The normalized spacial score (nSPS) is 43.0. The zero-order valence-corrected chi connectivity index (χ0v) is 21.6. The zero-order valence-electron chi connectivity index (χ0n) is 21.6. The second kappa shape index (κ2) is 8.75. The van der Waals surface area contributed by atoms with Crippen molar-refractivity contribution in [3.05, 3.63) is 11.6 Å². The Kier molecular flexibility index (Phi) is 6.64. The van der Waals surface area contributed by atoms with Crippen molar-refractivity contribution in [3.63, 3.8) is 0 Å². The van der Waals surface area contributed by atoms with Gasteiger partial charge in [0.05, 0.1) is 5.60 Å². The molecule has 0 aromatic carbocycles. The molecule has 3 saturated carbocycles. The summed E-state index contributed by atoms with van der Waals surface area (Å²) in [5, 5.41) is 11.6. The molecular weight excluding hydrogens is 396 g/mol. The lowest BCUT2D eigenvalue weighted by Crippen LogP contribution is -2.53. The molecule has 3 fully saturated rings. The van der Waals surface area contributed by atoms with Gasteiger partial charge in [-0.2, -0.15) is 0 Å². The molecule has 4 aliphatic carbocycles. The summed E-state index contributed by atoms with van der Waals surface area (Å²) in [6.45, 7) is 13.3. The van der Waals surface area contributed by atoms with Crippen LogP contribution in [0.25, 0.3) is 0 Å². The molecule has 0 radical (unpaired) electrons. The summed E-state index contributed by atoms with van der Waals surface area (Å²) in [6.07, 6.45) is 15.2.